The molecule has 0 aliphatic rings. The van der Waals surface area contributed by atoms with Gasteiger partial charge in [0.2, 0.25) is 5.91 Å². The minimum atomic E-state index is -0.746. The molecule has 2 rings (SSSR count). The van der Waals surface area contributed by atoms with Crippen molar-refractivity contribution in [2.75, 3.05) is 0 Å². The Morgan fingerprint density at radius 1 is 1.08 bits per heavy atom. The molecule has 2 N–H and O–H groups in total. The van der Waals surface area contributed by atoms with Crippen molar-refractivity contribution in [1.29, 1.82) is 0 Å². The Balaban J connectivity index is 2.11. The van der Waals surface area contributed by atoms with Crippen molar-refractivity contribution in [3.63, 3.8) is 0 Å². The van der Waals surface area contributed by atoms with Crippen LogP contribution in [0.15, 0.2) is 30.3 Å². The van der Waals surface area contributed by atoms with E-state index in [1.165, 1.54) is 23.1 Å². The SMILES string of the molecule is Cc1cc([C@H](C)NC(=O)[C@H](NC(=O)c2ccccc2F)C(C)C)c(C)s1. The lowest BCUT2D eigenvalue weighted by Gasteiger charge is -2.24. The monoisotopic (exact) mass is 376 g/mol. The third-order valence-electron chi connectivity index (χ3n) is 4.26. The van der Waals surface area contributed by atoms with Gasteiger partial charge in [0.25, 0.3) is 5.91 Å². The predicted octanol–water partition coefficient (Wildman–Crippen LogP) is 4.14. The Labute approximate surface area is 157 Å². The fourth-order valence-electron chi connectivity index (χ4n) is 2.86. The summed E-state index contributed by atoms with van der Waals surface area (Å²) in [5, 5.41) is 5.62. The molecule has 1 heterocycles. The maximum atomic E-state index is 13.8. The smallest absolute Gasteiger partial charge is 0.254 e. The van der Waals surface area contributed by atoms with Crippen LogP contribution in [0.5, 0.6) is 0 Å². The maximum absolute atomic E-state index is 13.8. The highest BCUT2D eigenvalue weighted by atomic mass is 32.1. The second-order valence-electron chi connectivity index (χ2n) is 6.77. The normalized spacial score (nSPS) is 13.3. The Hall–Kier alpha value is -2.21. The van der Waals surface area contributed by atoms with Gasteiger partial charge in [-0.1, -0.05) is 26.0 Å². The lowest BCUT2D eigenvalue weighted by molar-refractivity contribution is -0.124. The van der Waals surface area contributed by atoms with E-state index in [2.05, 4.69) is 16.7 Å². The van der Waals surface area contributed by atoms with E-state index in [1.807, 2.05) is 34.6 Å². The first-order valence-corrected chi connectivity index (χ1v) is 9.45. The molecule has 26 heavy (non-hydrogen) atoms. The van der Waals surface area contributed by atoms with Crippen LogP contribution in [0.3, 0.4) is 0 Å². The third-order valence-corrected chi connectivity index (χ3v) is 5.24. The lowest BCUT2D eigenvalue weighted by Crippen LogP contribution is -2.50. The van der Waals surface area contributed by atoms with Crippen molar-refractivity contribution in [3.05, 3.63) is 57.0 Å². The van der Waals surface area contributed by atoms with Crippen LogP contribution in [0.2, 0.25) is 0 Å². The number of carbonyl (C=O) groups is 2. The molecule has 0 unspecified atom stereocenters. The molecular weight excluding hydrogens is 351 g/mol. The Morgan fingerprint density at radius 3 is 2.27 bits per heavy atom. The van der Waals surface area contributed by atoms with Crippen molar-refractivity contribution in [1.82, 2.24) is 10.6 Å². The minimum Gasteiger partial charge on any atom is -0.348 e. The molecule has 4 nitrogen and oxygen atoms in total. The van der Waals surface area contributed by atoms with E-state index in [1.54, 1.807) is 17.4 Å². The van der Waals surface area contributed by atoms with Crippen LogP contribution in [-0.4, -0.2) is 17.9 Å². The molecule has 6 heteroatoms. The molecule has 0 spiro atoms. The van der Waals surface area contributed by atoms with Crippen LogP contribution in [0.4, 0.5) is 4.39 Å². The molecular formula is C20H25FN2O2S. The van der Waals surface area contributed by atoms with Gasteiger partial charge in [-0.2, -0.15) is 0 Å². The van der Waals surface area contributed by atoms with Gasteiger partial charge in [0, 0.05) is 9.75 Å². The third kappa shape index (κ3) is 4.69. The number of aryl methyl sites for hydroxylation is 2. The average Bonchev–Trinajstić information content (AvgIpc) is 2.90. The van der Waals surface area contributed by atoms with E-state index in [0.717, 1.165) is 10.4 Å². The number of hydrogen-bond acceptors (Lipinski definition) is 3. The number of amides is 2. The standard InChI is InChI=1S/C20H25FN2O2S/c1-11(2)18(23-19(24)15-8-6-7-9-17(15)21)20(25)22-13(4)16-10-12(3)26-14(16)5/h6-11,13,18H,1-5H3,(H,22,25)(H,23,24)/t13-,18+/m0/s1. The number of carbonyl (C=O) groups excluding carboxylic acids is 2. The zero-order valence-electron chi connectivity index (χ0n) is 15.7. The first kappa shape index (κ1) is 20.1. The van der Waals surface area contributed by atoms with Gasteiger partial charge in [-0.05, 0) is 50.5 Å². The summed E-state index contributed by atoms with van der Waals surface area (Å²) in [5.41, 5.74) is 1.01. The first-order chi connectivity index (χ1) is 12.2. The number of thiophene rings is 1. The topological polar surface area (TPSA) is 58.2 Å². The molecule has 1 aromatic carbocycles. The predicted molar refractivity (Wildman–Crippen MR) is 103 cm³/mol. The highest BCUT2D eigenvalue weighted by molar-refractivity contribution is 7.12. The highest BCUT2D eigenvalue weighted by Gasteiger charge is 2.27. The summed E-state index contributed by atoms with van der Waals surface area (Å²) in [7, 11) is 0. The maximum Gasteiger partial charge on any atom is 0.254 e. The van der Waals surface area contributed by atoms with Crippen molar-refractivity contribution < 1.29 is 14.0 Å². The molecule has 2 atom stereocenters. The van der Waals surface area contributed by atoms with E-state index >= 15 is 0 Å². The quantitative estimate of drug-likeness (QED) is 0.796. The summed E-state index contributed by atoms with van der Waals surface area (Å²) in [6.07, 6.45) is 0. The van der Waals surface area contributed by atoms with Gasteiger partial charge < -0.3 is 10.6 Å². The van der Waals surface area contributed by atoms with Crippen molar-refractivity contribution in [3.8, 4) is 0 Å². The van der Waals surface area contributed by atoms with Crippen molar-refractivity contribution >= 4 is 23.2 Å². The van der Waals surface area contributed by atoms with E-state index in [4.69, 9.17) is 0 Å². The van der Waals surface area contributed by atoms with E-state index in [-0.39, 0.29) is 23.4 Å². The summed E-state index contributed by atoms with van der Waals surface area (Å²) >= 11 is 1.69. The summed E-state index contributed by atoms with van der Waals surface area (Å²) in [4.78, 5) is 27.4. The van der Waals surface area contributed by atoms with E-state index in [9.17, 15) is 14.0 Å². The zero-order valence-corrected chi connectivity index (χ0v) is 16.5. The van der Waals surface area contributed by atoms with Gasteiger partial charge in [0.1, 0.15) is 11.9 Å². The second kappa shape index (κ2) is 8.45. The van der Waals surface area contributed by atoms with E-state index < -0.39 is 17.8 Å². The van der Waals surface area contributed by atoms with Gasteiger partial charge in [-0.15, -0.1) is 11.3 Å². The van der Waals surface area contributed by atoms with E-state index in [0.29, 0.717) is 0 Å². The minimum absolute atomic E-state index is 0.0664. The number of benzene rings is 1. The summed E-state index contributed by atoms with van der Waals surface area (Å²) in [6.45, 7) is 9.66. The highest BCUT2D eigenvalue weighted by Crippen LogP contribution is 2.26. The molecule has 0 saturated heterocycles. The molecule has 0 bridgehead atoms. The zero-order chi connectivity index (χ0) is 19.4. The molecule has 2 amide bonds. The molecule has 2 aromatic rings. The first-order valence-electron chi connectivity index (χ1n) is 8.63. The summed E-state index contributed by atoms with van der Waals surface area (Å²) in [5.74, 6) is -1.61. The fourth-order valence-corrected chi connectivity index (χ4v) is 3.88. The van der Waals surface area contributed by atoms with Gasteiger partial charge in [-0.3, -0.25) is 9.59 Å². The number of nitrogens with one attached hydrogen (secondary N) is 2. The van der Waals surface area contributed by atoms with Gasteiger partial charge >= 0.3 is 0 Å². The second-order valence-corrected chi connectivity index (χ2v) is 8.23. The summed E-state index contributed by atoms with van der Waals surface area (Å²) in [6, 6.07) is 6.89. The molecule has 0 saturated carbocycles. The lowest BCUT2D eigenvalue weighted by atomic mass is 10.0. The number of rotatable bonds is 6. The Bertz CT molecular complexity index is 801. The molecule has 0 aliphatic heterocycles. The molecule has 140 valence electrons. The molecule has 0 radical (unpaired) electrons. The van der Waals surface area contributed by atoms with Crippen LogP contribution in [0.1, 0.15) is 52.5 Å². The fraction of sp³-hybridized carbons (Fsp3) is 0.400. The number of hydrogen-bond donors (Lipinski definition) is 2. The molecule has 1 aromatic heterocycles. The van der Waals surface area contributed by atoms with Crippen LogP contribution in [-0.2, 0) is 4.79 Å². The Morgan fingerprint density at radius 2 is 1.73 bits per heavy atom. The van der Waals surface area contributed by atoms with Crippen molar-refractivity contribution in [2.45, 2.75) is 46.7 Å². The van der Waals surface area contributed by atoms with Gasteiger partial charge in [0.15, 0.2) is 0 Å². The van der Waals surface area contributed by atoms with Crippen molar-refractivity contribution in [2.24, 2.45) is 5.92 Å². The van der Waals surface area contributed by atoms with Crippen LogP contribution < -0.4 is 10.6 Å². The van der Waals surface area contributed by atoms with Crippen LogP contribution in [0, 0.1) is 25.6 Å². The summed E-state index contributed by atoms with van der Waals surface area (Å²) < 4.78 is 13.8. The van der Waals surface area contributed by atoms with Crippen LogP contribution in [0.25, 0.3) is 0 Å². The Kier molecular flexibility index (Phi) is 6.53. The molecule has 0 aliphatic carbocycles. The molecule has 0 fully saturated rings. The van der Waals surface area contributed by atoms with Gasteiger partial charge in [-0.25, -0.2) is 4.39 Å². The number of halogens is 1. The van der Waals surface area contributed by atoms with Crippen LogP contribution >= 0.6 is 11.3 Å². The average molecular weight is 376 g/mol. The van der Waals surface area contributed by atoms with Gasteiger partial charge in [0.05, 0.1) is 11.6 Å². The largest absolute Gasteiger partial charge is 0.348 e.